The number of ether oxygens (including phenoxy) is 1. The summed E-state index contributed by atoms with van der Waals surface area (Å²) in [4.78, 5) is 22.2. The van der Waals surface area contributed by atoms with E-state index in [1.54, 1.807) is 17.7 Å². The van der Waals surface area contributed by atoms with Crippen molar-refractivity contribution in [1.82, 2.24) is 24.3 Å². The second-order valence-corrected chi connectivity index (χ2v) is 9.26. The summed E-state index contributed by atoms with van der Waals surface area (Å²) in [5.74, 6) is 0.645. The second kappa shape index (κ2) is 9.26. The van der Waals surface area contributed by atoms with Crippen molar-refractivity contribution in [3.8, 4) is 5.69 Å². The molecule has 3 heterocycles. The van der Waals surface area contributed by atoms with Gasteiger partial charge in [0.15, 0.2) is 5.65 Å². The maximum atomic E-state index is 12.5. The fourth-order valence-corrected chi connectivity index (χ4v) is 5.05. The van der Waals surface area contributed by atoms with E-state index in [4.69, 9.17) is 19.8 Å². The highest BCUT2D eigenvalue weighted by Crippen LogP contribution is 2.30. The molecule has 178 valence electrons. The number of carbonyl (C=O) groups excluding carboxylic acids is 1. The van der Waals surface area contributed by atoms with Gasteiger partial charge in [-0.05, 0) is 78.2 Å². The van der Waals surface area contributed by atoms with Crippen molar-refractivity contribution in [2.24, 2.45) is 0 Å². The van der Waals surface area contributed by atoms with Gasteiger partial charge in [-0.15, -0.1) is 0 Å². The number of aromatic nitrogens is 5. The molecule has 8 heteroatoms. The number of imidazole rings is 1. The van der Waals surface area contributed by atoms with E-state index in [2.05, 4.69) is 52.5 Å². The smallest absolute Gasteiger partial charge is 0.340 e. The first-order valence-corrected chi connectivity index (χ1v) is 12.5. The highest BCUT2D eigenvalue weighted by Gasteiger charge is 2.19. The average Bonchev–Trinajstić information content (AvgIpc) is 3.37. The third kappa shape index (κ3) is 4.12. The second-order valence-electron chi connectivity index (χ2n) is 8.51. The quantitative estimate of drug-likeness (QED) is 0.253. The van der Waals surface area contributed by atoms with Crippen molar-refractivity contribution in [1.29, 1.82) is 0 Å². The molecule has 3 aromatic heterocycles. The van der Waals surface area contributed by atoms with Gasteiger partial charge in [-0.25, -0.2) is 19.4 Å². The average molecular weight is 532 g/mol. The fourth-order valence-electron chi connectivity index (χ4n) is 4.47. The van der Waals surface area contributed by atoms with Crippen LogP contribution in [0.1, 0.15) is 46.9 Å². The third-order valence-corrected chi connectivity index (χ3v) is 6.83. The molecule has 35 heavy (non-hydrogen) atoms. The van der Waals surface area contributed by atoms with Gasteiger partial charge < -0.3 is 9.30 Å². The monoisotopic (exact) mass is 531 g/mol. The molecule has 0 fully saturated rings. The standard InChI is InChI=1S/C27H26BrN5O2/c1-5-23-30-24-16(3)13-17(4)29-26(24)32(23)15-18-11-12-21-20(14-18)25(28)33(31-21)22-10-8-7-9-19(22)27(34)35-6-2/h7-14H,5-6,15H2,1-4H3. The zero-order valence-electron chi connectivity index (χ0n) is 20.2. The summed E-state index contributed by atoms with van der Waals surface area (Å²) in [7, 11) is 0. The van der Waals surface area contributed by atoms with Crippen LogP contribution in [0.5, 0.6) is 0 Å². The lowest BCUT2D eigenvalue weighted by atomic mass is 10.1. The molecule has 0 amide bonds. The van der Waals surface area contributed by atoms with Crippen LogP contribution in [0, 0.1) is 13.8 Å². The highest BCUT2D eigenvalue weighted by molar-refractivity contribution is 9.10. The minimum absolute atomic E-state index is 0.315. The van der Waals surface area contributed by atoms with Gasteiger partial charge in [0.2, 0.25) is 0 Å². The Morgan fingerprint density at radius 1 is 1.06 bits per heavy atom. The van der Waals surface area contributed by atoms with Gasteiger partial charge in [-0.2, -0.15) is 5.10 Å². The first kappa shape index (κ1) is 23.2. The molecule has 0 aliphatic carbocycles. The number of fused-ring (bicyclic) bond motifs is 2. The molecule has 2 aromatic carbocycles. The lowest BCUT2D eigenvalue weighted by molar-refractivity contribution is 0.0526. The molecular formula is C27H26BrN5O2. The Labute approximate surface area is 211 Å². The molecule has 5 rings (SSSR count). The molecule has 0 bridgehead atoms. The zero-order chi connectivity index (χ0) is 24.7. The number of pyridine rings is 1. The van der Waals surface area contributed by atoms with Crippen LogP contribution in [0.4, 0.5) is 0 Å². The summed E-state index contributed by atoms with van der Waals surface area (Å²) >= 11 is 3.73. The number of esters is 1. The van der Waals surface area contributed by atoms with Gasteiger partial charge in [0.05, 0.1) is 29.9 Å². The van der Waals surface area contributed by atoms with Gasteiger partial charge in [0.25, 0.3) is 0 Å². The summed E-state index contributed by atoms with van der Waals surface area (Å²) in [6, 6.07) is 15.6. The number of halogens is 1. The molecule has 0 saturated heterocycles. The first-order valence-electron chi connectivity index (χ1n) is 11.7. The van der Waals surface area contributed by atoms with E-state index >= 15 is 0 Å². The molecule has 5 aromatic rings. The summed E-state index contributed by atoms with van der Waals surface area (Å²) in [6.07, 6.45) is 0.823. The van der Waals surface area contributed by atoms with Gasteiger partial charge in [-0.3, -0.25) is 0 Å². The molecule has 0 aliphatic heterocycles. The van der Waals surface area contributed by atoms with Crippen LogP contribution >= 0.6 is 15.9 Å². The number of hydrogen-bond donors (Lipinski definition) is 0. The molecule has 0 saturated carbocycles. The lowest BCUT2D eigenvalue weighted by Gasteiger charge is -2.09. The van der Waals surface area contributed by atoms with Crippen molar-refractivity contribution in [2.75, 3.05) is 6.61 Å². The molecule has 0 N–H and O–H groups in total. The van der Waals surface area contributed by atoms with Crippen LogP contribution in [0.25, 0.3) is 27.8 Å². The fraction of sp³-hybridized carbons (Fsp3) is 0.259. The number of rotatable bonds is 6. The van der Waals surface area contributed by atoms with Crippen LogP contribution in [-0.2, 0) is 17.7 Å². The normalized spacial score (nSPS) is 11.5. The Morgan fingerprint density at radius 2 is 1.86 bits per heavy atom. The topological polar surface area (TPSA) is 74.8 Å². The maximum Gasteiger partial charge on any atom is 0.340 e. The Balaban J connectivity index is 1.58. The van der Waals surface area contributed by atoms with Gasteiger partial charge in [-0.1, -0.05) is 25.1 Å². The Morgan fingerprint density at radius 3 is 2.63 bits per heavy atom. The summed E-state index contributed by atoms with van der Waals surface area (Å²) < 4.78 is 9.97. The Hall–Kier alpha value is -3.52. The third-order valence-electron chi connectivity index (χ3n) is 6.06. The van der Waals surface area contributed by atoms with Crippen LogP contribution in [0.15, 0.2) is 53.1 Å². The summed E-state index contributed by atoms with van der Waals surface area (Å²) in [6.45, 7) is 8.98. The molecule has 0 radical (unpaired) electrons. The molecule has 0 spiro atoms. The molecule has 0 aliphatic rings. The van der Waals surface area contributed by atoms with Crippen molar-refractivity contribution < 1.29 is 9.53 Å². The van der Waals surface area contributed by atoms with E-state index < -0.39 is 0 Å². The summed E-state index contributed by atoms with van der Waals surface area (Å²) in [5.41, 5.74) is 7.08. The highest BCUT2D eigenvalue weighted by atomic mass is 79.9. The molecular weight excluding hydrogens is 506 g/mol. The zero-order valence-corrected chi connectivity index (χ0v) is 21.8. The van der Waals surface area contributed by atoms with E-state index in [9.17, 15) is 4.79 Å². The van der Waals surface area contributed by atoms with E-state index in [0.717, 1.165) is 55.7 Å². The van der Waals surface area contributed by atoms with E-state index in [0.29, 0.717) is 24.4 Å². The number of para-hydroxylation sites is 1. The SMILES string of the molecule is CCOC(=O)c1ccccc1-n1nc2ccc(Cn3c(CC)nc4c(C)cc(C)nc43)cc2c1Br. The predicted molar refractivity (Wildman–Crippen MR) is 140 cm³/mol. The predicted octanol–water partition coefficient (Wildman–Crippen LogP) is 5.94. The van der Waals surface area contributed by atoms with Gasteiger partial charge in [0.1, 0.15) is 15.9 Å². The number of hydrogen-bond acceptors (Lipinski definition) is 5. The molecule has 7 nitrogen and oxygen atoms in total. The van der Waals surface area contributed by atoms with Crippen molar-refractivity contribution >= 4 is 44.0 Å². The Bertz CT molecular complexity index is 1580. The van der Waals surface area contributed by atoms with Crippen molar-refractivity contribution in [3.05, 3.63) is 81.3 Å². The van der Waals surface area contributed by atoms with E-state index in [1.807, 2.05) is 31.2 Å². The van der Waals surface area contributed by atoms with Crippen LogP contribution in [0.3, 0.4) is 0 Å². The van der Waals surface area contributed by atoms with Gasteiger partial charge in [0, 0.05) is 17.5 Å². The number of aryl methyl sites for hydroxylation is 3. The largest absolute Gasteiger partial charge is 0.462 e. The lowest BCUT2D eigenvalue weighted by Crippen LogP contribution is -2.10. The van der Waals surface area contributed by atoms with Crippen molar-refractivity contribution in [3.63, 3.8) is 0 Å². The minimum Gasteiger partial charge on any atom is -0.462 e. The minimum atomic E-state index is -0.368. The molecule has 0 unspecified atom stereocenters. The van der Waals surface area contributed by atoms with Gasteiger partial charge >= 0.3 is 5.97 Å². The summed E-state index contributed by atoms with van der Waals surface area (Å²) in [5, 5.41) is 5.72. The van der Waals surface area contributed by atoms with E-state index in [-0.39, 0.29) is 5.97 Å². The number of nitrogens with zero attached hydrogens (tertiary/aromatic N) is 5. The van der Waals surface area contributed by atoms with E-state index in [1.165, 1.54) is 0 Å². The Kier molecular flexibility index (Phi) is 6.15. The number of benzene rings is 2. The number of carbonyl (C=O) groups is 1. The molecule has 0 atom stereocenters. The van der Waals surface area contributed by atoms with Crippen LogP contribution < -0.4 is 0 Å². The van der Waals surface area contributed by atoms with Crippen molar-refractivity contribution in [2.45, 2.75) is 40.7 Å². The maximum absolute atomic E-state index is 12.5. The first-order chi connectivity index (χ1) is 16.9. The van der Waals surface area contributed by atoms with Crippen LogP contribution in [-0.4, -0.2) is 36.9 Å². The van der Waals surface area contributed by atoms with Crippen LogP contribution in [0.2, 0.25) is 0 Å².